The van der Waals surface area contributed by atoms with Crippen LogP contribution < -0.4 is 15.4 Å². The number of hydrogen-bond donors (Lipinski definition) is 2. The van der Waals surface area contributed by atoms with Gasteiger partial charge >= 0.3 is 0 Å². The van der Waals surface area contributed by atoms with E-state index in [0.717, 1.165) is 10.8 Å². The average Bonchev–Trinajstić information content (AvgIpc) is 2.79. The second-order valence-electron chi connectivity index (χ2n) is 8.08. The number of ether oxygens (including phenoxy) is 1. The third kappa shape index (κ3) is 4.26. The Hall–Kier alpha value is -3.16. The van der Waals surface area contributed by atoms with Crippen LogP contribution in [-0.2, 0) is 15.0 Å². The summed E-state index contributed by atoms with van der Waals surface area (Å²) in [5, 5.41) is 8.61. The number of fused-ring (bicyclic) bond motifs is 2. The van der Waals surface area contributed by atoms with Crippen molar-refractivity contribution in [3.8, 4) is 5.75 Å². The van der Waals surface area contributed by atoms with E-state index in [-0.39, 0.29) is 24.9 Å². The molecule has 8 heteroatoms. The molecule has 32 heavy (non-hydrogen) atoms. The van der Waals surface area contributed by atoms with Crippen LogP contribution >= 0.6 is 11.6 Å². The number of nitrogens with one attached hydrogen (secondary N) is 2. The SMILES string of the molecule is CN(C)C(=O)CNCC1(C(=O)Nc2cncc3ccccc23)CCOc2ccc(Cl)cc21. The fraction of sp³-hybridized carbons (Fsp3) is 0.292. The molecular formula is C24H25ClN4O3. The molecule has 2 amide bonds. The van der Waals surface area contributed by atoms with Crippen molar-refractivity contribution in [1.82, 2.24) is 15.2 Å². The lowest BCUT2D eigenvalue weighted by atomic mass is 9.74. The summed E-state index contributed by atoms with van der Waals surface area (Å²) in [6.07, 6.45) is 3.85. The summed E-state index contributed by atoms with van der Waals surface area (Å²) in [7, 11) is 3.40. The van der Waals surface area contributed by atoms with Gasteiger partial charge in [0.15, 0.2) is 0 Å². The number of anilines is 1. The molecule has 0 fully saturated rings. The van der Waals surface area contributed by atoms with E-state index in [4.69, 9.17) is 16.3 Å². The maximum atomic E-state index is 13.8. The fourth-order valence-corrected chi connectivity index (χ4v) is 4.14. The minimum atomic E-state index is -0.970. The second-order valence-corrected chi connectivity index (χ2v) is 8.51. The predicted molar refractivity (Wildman–Crippen MR) is 125 cm³/mol. The van der Waals surface area contributed by atoms with Crippen molar-refractivity contribution in [1.29, 1.82) is 0 Å². The van der Waals surface area contributed by atoms with Crippen LogP contribution in [0.5, 0.6) is 5.75 Å². The van der Waals surface area contributed by atoms with E-state index in [1.54, 1.807) is 44.7 Å². The molecular weight excluding hydrogens is 428 g/mol. The summed E-state index contributed by atoms with van der Waals surface area (Å²) in [6.45, 7) is 0.751. The molecule has 0 spiro atoms. The smallest absolute Gasteiger partial charge is 0.236 e. The van der Waals surface area contributed by atoms with Gasteiger partial charge in [0.25, 0.3) is 0 Å². The van der Waals surface area contributed by atoms with Gasteiger partial charge in [-0.15, -0.1) is 0 Å². The highest BCUT2D eigenvalue weighted by Gasteiger charge is 2.44. The zero-order chi connectivity index (χ0) is 22.7. The summed E-state index contributed by atoms with van der Waals surface area (Å²) in [5.41, 5.74) is 0.362. The van der Waals surface area contributed by atoms with Crippen LogP contribution in [0.25, 0.3) is 10.8 Å². The van der Waals surface area contributed by atoms with Crippen molar-refractivity contribution >= 4 is 39.9 Å². The highest BCUT2D eigenvalue weighted by atomic mass is 35.5. The van der Waals surface area contributed by atoms with Gasteiger partial charge in [-0.05, 0) is 18.2 Å². The quantitative estimate of drug-likeness (QED) is 0.600. The number of carbonyl (C=O) groups is 2. The van der Waals surface area contributed by atoms with E-state index in [0.29, 0.717) is 35.1 Å². The van der Waals surface area contributed by atoms with Crippen molar-refractivity contribution in [2.45, 2.75) is 11.8 Å². The van der Waals surface area contributed by atoms with Gasteiger partial charge in [-0.3, -0.25) is 14.6 Å². The van der Waals surface area contributed by atoms with Gasteiger partial charge in [-0.2, -0.15) is 0 Å². The molecule has 1 aliphatic rings. The van der Waals surface area contributed by atoms with Crippen molar-refractivity contribution in [3.05, 3.63) is 65.4 Å². The zero-order valence-electron chi connectivity index (χ0n) is 18.0. The molecule has 0 bridgehead atoms. The number of halogens is 1. The summed E-state index contributed by atoms with van der Waals surface area (Å²) in [5.74, 6) is 0.344. The normalized spacial score (nSPS) is 17.3. The number of nitrogens with zero attached hydrogens (tertiary/aromatic N) is 2. The van der Waals surface area contributed by atoms with Crippen LogP contribution in [0, 0.1) is 0 Å². The van der Waals surface area contributed by atoms with Crippen LogP contribution in [0.4, 0.5) is 5.69 Å². The van der Waals surface area contributed by atoms with E-state index >= 15 is 0 Å². The Balaban J connectivity index is 1.70. The molecule has 4 rings (SSSR count). The zero-order valence-corrected chi connectivity index (χ0v) is 18.8. The number of likely N-dealkylation sites (N-methyl/N-ethyl adjacent to an activating group) is 1. The monoisotopic (exact) mass is 452 g/mol. The first-order chi connectivity index (χ1) is 15.4. The average molecular weight is 453 g/mol. The molecule has 1 aliphatic heterocycles. The lowest BCUT2D eigenvalue weighted by Gasteiger charge is -2.38. The number of rotatable bonds is 6. The maximum Gasteiger partial charge on any atom is 0.236 e. The summed E-state index contributed by atoms with van der Waals surface area (Å²) in [4.78, 5) is 31.7. The van der Waals surface area contributed by atoms with Crippen molar-refractivity contribution in [2.75, 3.05) is 39.1 Å². The number of hydrogen-bond acceptors (Lipinski definition) is 5. The molecule has 1 atom stereocenters. The first-order valence-corrected chi connectivity index (χ1v) is 10.8. The largest absolute Gasteiger partial charge is 0.493 e. The molecule has 1 aromatic heterocycles. The van der Waals surface area contributed by atoms with Crippen LogP contribution in [0.3, 0.4) is 0 Å². The third-order valence-corrected chi connectivity index (χ3v) is 6.03. The summed E-state index contributed by atoms with van der Waals surface area (Å²) < 4.78 is 5.82. The molecule has 0 saturated carbocycles. The summed E-state index contributed by atoms with van der Waals surface area (Å²) in [6, 6.07) is 13.0. The van der Waals surface area contributed by atoms with E-state index in [1.165, 1.54) is 4.90 Å². The molecule has 1 unspecified atom stereocenters. The van der Waals surface area contributed by atoms with Crippen LogP contribution in [0.2, 0.25) is 5.02 Å². The van der Waals surface area contributed by atoms with Crippen LogP contribution in [-0.4, -0.2) is 55.5 Å². The Morgan fingerprint density at radius 1 is 1.19 bits per heavy atom. The number of benzene rings is 2. The Morgan fingerprint density at radius 3 is 2.81 bits per heavy atom. The van der Waals surface area contributed by atoms with Gasteiger partial charge < -0.3 is 20.3 Å². The molecule has 2 aromatic carbocycles. The Kier molecular flexibility index (Phi) is 6.30. The minimum absolute atomic E-state index is 0.0720. The number of amides is 2. The second kappa shape index (κ2) is 9.14. The van der Waals surface area contributed by atoms with Gasteiger partial charge in [0.05, 0.1) is 30.5 Å². The Labute approximate surface area is 191 Å². The molecule has 0 saturated heterocycles. The van der Waals surface area contributed by atoms with Gasteiger partial charge in [0, 0.05) is 54.6 Å². The minimum Gasteiger partial charge on any atom is -0.493 e. The van der Waals surface area contributed by atoms with Crippen molar-refractivity contribution < 1.29 is 14.3 Å². The molecule has 7 nitrogen and oxygen atoms in total. The van der Waals surface area contributed by atoms with E-state index < -0.39 is 5.41 Å². The highest BCUT2D eigenvalue weighted by molar-refractivity contribution is 6.30. The molecule has 0 aliphatic carbocycles. The van der Waals surface area contributed by atoms with Gasteiger partial charge in [-0.25, -0.2) is 0 Å². The van der Waals surface area contributed by atoms with Gasteiger partial charge in [0.2, 0.25) is 11.8 Å². The summed E-state index contributed by atoms with van der Waals surface area (Å²) >= 11 is 6.29. The van der Waals surface area contributed by atoms with Crippen molar-refractivity contribution in [3.63, 3.8) is 0 Å². The van der Waals surface area contributed by atoms with Crippen LogP contribution in [0.15, 0.2) is 54.9 Å². The highest BCUT2D eigenvalue weighted by Crippen LogP contribution is 2.41. The first kappa shape index (κ1) is 22.0. The topological polar surface area (TPSA) is 83.6 Å². The maximum absolute atomic E-state index is 13.8. The van der Waals surface area contributed by atoms with Gasteiger partial charge in [-0.1, -0.05) is 35.9 Å². The lowest BCUT2D eigenvalue weighted by Crippen LogP contribution is -2.52. The van der Waals surface area contributed by atoms with E-state index in [2.05, 4.69) is 15.6 Å². The Morgan fingerprint density at radius 2 is 2.00 bits per heavy atom. The van der Waals surface area contributed by atoms with E-state index in [9.17, 15) is 9.59 Å². The molecule has 0 radical (unpaired) electrons. The standard InChI is InChI=1S/C24H25ClN4O3/c1-29(2)22(30)14-27-15-24(9-10-32-21-8-7-17(25)11-19(21)24)23(31)28-20-13-26-12-16-5-3-4-6-18(16)20/h3-8,11-13,27H,9-10,14-15H2,1-2H3,(H,28,31). The molecule has 2 N–H and O–H groups in total. The lowest BCUT2D eigenvalue weighted by molar-refractivity contribution is -0.128. The third-order valence-electron chi connectivity index (χ3n) is 5.80. The number of aromatic nitrogens is 1. The van der Waals surface area contributed by atoms with Crippen molar-refractivity contribution in [2.24, 2.45) is 0 Å². The Bertz CT molecular complexity index is 1160. The molecule has 3 aromatic rings. The number of pyridine rings is 1. The molecule has 166 valence electrons. The van der Waals surface area contributed by atoms with Gasteiger partial charge in [0.1, 0.15) is 5.75 Å². The molecule has 2 heterocycles. The fourth-order valence-electron chi connectivity index (χ4n) is 3.97. The predicted octanol–water partition coefficient (Wildman–Crippen LogP) is 3.23. The first-order valence-electron chi connectivity index (χ1n) is 10.4. The van der Waals surface area contributed by atoms with E-state index in [1.807, 2.05) is 24.3 Å². The van der Waals surface area contributed by atoms with Crippen LogP contribution in [0.1, 0.15) is 12.0 Å². The number of carbonyl (C=O) groups excluding carboxylic acids is 2.